The van der Waals surface area contributed by atoms with Crippen molar-refractivity contribution < 1.29 is 13.2 Å². The third-order valence-electron chi connectivity index (χ3n) is 3.61. The highest BCUT2D eigenvalue weighted by Gasteiger charge is 2.23. The van der Waals surface area contributed by atoms with E-state index in [4.69, 9.17) is 4.74 Å². The number of pyridine rings is 1. The molecule has 0 spiro atoms. The van der Waals surface area contributed by atoms with Crippen molar-refractivity contribution in [3.05, 3.63) is 53.3 Å². The summed E-state index contributed by atoms with van der Waals surface area (Å²) in [5, 5.41) is 0. The van der Waals surface area contributed by atoms with Gasteiger partial charge in [-0.3, -0.25) is 4.98 Å². The Balaban J connectivity index is 2.37. The maximum Gasteiger partial charge on any atom is 0.244 e. The minimum atomic E-state index is -3.69. The van der Waals surface area contributed by atoms with Gasteiger partial charge in [-0.1, -0.05) is 0 Å². The van der Waals surface area contributed by atoms with Crippen molar-refractivity contribution in [2.24, 2.45) is 0 Å². The monoisotopic (exact) mass is 320 g/mol. The largest absolute Gasteiger partial charge is 0.495 e. The molecule has 22 heavy (non-hydrogen) atoms. The molecule has 1 N–H and O–H groups in total. The highest BCUT2D eigenvalue weighted by atomic mass is 32.2. The Hall–Kier alpha value is -1.92. The molecule has 1 atom stereocenters. The third kappa shape index (κ3) is 3.45. The van der Waals surface area contributed by atoms with Crippen LogP contribution in [0.4, 0.5) is 0 Å². The lowest BCUT2D eigenvalue weighted by Crippen LogP contribution is -2.27. The van der Waals surface area contributed by atoms with Gasteiger partial charge in [0, 0.05) is 18.4 Å². The summed E-state index contributed by atoms with van der Waals surface area (Å²) in [7, 11) is -2.22. The highest BCUT2D eigenvalue weighted by molar-refractivity contribution is 7.89. The van der Waals surface area contributed by atoms with Crippen molar-refractivity contribution in [3.8, 4) is 5.75 Å². The van der Waals surface area contributed by atoms with Crippen LogP contribution in [0.15, 0.2) is 41.6 Å². The van der Waals surface area contributed by atoms with Crippen molar-refractivity contribution in [3.63, 3.8) is 0 Å². The van der Waals surface area contributed by atoms with Gasteiger partial charge in [0.1, 0.15) is 10.6 Å². The molecule has 5 nitrogen and oxygen atoms in total. The Morgan fingerprint density at radius 3 is 2.32 bits per heavy atom. The summed E-state index contributed by atoms with van der Waals surface area (Å²) in [5.41, 5.74) is 2.73. The first-order chi connectivity index (χ1) is 10.3. The van der Waals surface area contributed by atoms with Crippen molar-refractivity contribution in [1.29, 1.82) is 0 Å². The second-order valence-electron chi connectivity index (χ2n) is 5.21. The zero-order valence-electron chi connectivity index (χ0n) is 13.1. The third-order valence-corrected chi connectivity index (χ3v) is 5.17. The van der Waals surface area contributed by atoms with Gasteiger partial charge < -0.3 is 4.74 Å². The lowest BCUT2D eigenvalue weighted by Gasteiger charge is -2.17. The van der Waals surface area contributed by atoms with E-state index < -0.39 is 10.0 Å². The summed E-state index contributed by atoms with van der Waals surface area (Å²) in [5.74, 6) is 0.345. The van der Waals surface area contributed by atoms with Crippen molar-refractivity contribution in [2.75, 3.05) is 7.11 Å². The van der Waals surface area contributed by atoms with E-state index in [-0.39, 0.29) is 10.9 Å². The minimum Gasteiger partial charge on any atom is -0.495 e. The van der Waals surface area contributed by atoms with Crippen LogP contribution >= 0.6 is 0 Å². The summed E-state index contributed by atoms with van der Waals surface area (Å²) in [6.07, 6.45) is 3.27. The van der Waals surface area contributed by atoms with Crippen LogP contribution in [0, 0.1) is 13.8 Å². The Kier molecular flexibility index (Phi) is 4.83. The summed E-state index contributed by atoms with van der Waals surface area (Å²) < 4.78 is 33.2. The molecule has 0 bridgehead atoms. The fourth-order valence-corrected chi connectivity index (χ4v) is 3.62. The number of hydrogen-bond acceptors (Lipinski definition) is 4. The van der Waals surface area contributed by atoms with Crippen LogP contribution < -0.4 is 9.46 Å². The number of ether oxygens (including phenoxy) is 1. The number of nitrogens with zero attached hydrogens (tertiary/aromatic N) is 1. The first-order valence-corrected chi connectivity index (χ1v) is 8.41. The zero-order valence-corrected chi connectivity index (χ0v) is 13.9. The van der Waals surface area contributed by atoms with Crippen molar-refractivity contribution in [1.82, 2.24) is 9.71 Å². The summed E-state index contributed by atoms with van der Waals surface area (Å²) in [6.45, 7) is 5.59. The number of methoxy groups -OCH3 is 1. The predicted octanol–water partition coefficient (Wildman–Crippen LogP) is 2.75. The molecule has 0 fully saturated rings. The molecule has 1 aromatic carbocycles. The van der Waals surface area contributed by atoms with Gasteiger partial charge in [0.2, 0.25) is 10.0 Å². The van der Waals surface area contributed by atoms with E-state index in [1.54, 1.807) is 43.6 Å². The molecule has 1 heterocycles. The van der Waals surface area contributed by atoms with Gasteiger partial charge >= 0.3 is 0 Å². The molecule has 0 amide bonds. The van der Waals surface area contributed by atoms with Crippen LogP contribution in [0.1, 0.15) is 29.7 Å². The summed E-state index contributed by atoms with van der Waals surface area (Å²) in [6, 6.07) is 6.58. The molecular weight excluding hydrogens is 300 g/mol. The maximum absolute atomic E-state index is 12.7. The smallest absolute Gasteiger partial charge is 0.244 e. The molecule has 6 heteroatoms. The number of aromatic nitrogens is 1. The van der Waals surface area contributed by atoms with Gasteiger partial charge in [-0.25, -0.2) is 13.1 Å². The molecule has 118 valence electrons. The van der Waals surface area contributed by atoms with Crippen LogP contribution in [-0.2, 0) is 10.0 Å². The number of hydrogen-bond donors (Lipinski definition) is 1. The van der Waals surface area contributed by atoms with Gasteiger partial charge in [0.15, 0.2) is 0 Å². The molecule has 1 unspecified atom stereocenters. The van der Waals surface area contributed by atoms with Crippen molar-refractivity contribution in [2.45, 2.75) is 31.7 Å². The standard InChI is InChI=1S/C16H20N2O3S/c1-11-9-15(21-4)16(10-12(11)2)22(19,20)18-13(3)14-5-7-17-8-6-14/h5-10,13,18H,1-4H3. The van der Waals surface area contributed by atoms with Gasteiger partial charge in [-0.15, -0.1) is 0 Å². The molecule has 0 radical (unpaired) electrons. The van der Waals surface area contributed by atoms with E-state index in [0.717, 1.165) is 16.7 Å². The van der Waals surface area contributed by atoms with E-state index in [1.807, 2.05) is 13.8 Å². The second kappa shape index (κ2) is 6.46. The predicted molar refractivity (Wildman–Crippen MR) is 85.4 cm³/mol. The molecule has 0 aliphatic heterocycles. The Morgan fingerprint density at radius 2 is 1.73 bits per heavy atom. The van der Waals surface area contributed by atoms with Gasteiger partial charge in [-0.05, 0) is 61.7 Å². The van der Waals surface area contributed by atoms with Gasteiger partial charge in [-0.2, -0.15) is 0 Å². The van der Waals surface area contributed by atoms with Gasteiger partial charge in [0.05, 0.1) is 7.11 Å². The quantitative estimate of drug-likeness (QED) is 0.920. The normalized spacial score (nSPS) is 12.9. The lowest BCUT2D eigenvalue weighted by molar-refractivity contribution is 0.401. The molecule has 0 aliphatic rings. The Morgan fingerprint density at radius 1 is 1.14 bits per heavy atom. The van der Waals surface area contributed by atoms with E-state index in [2.05, 4.69) is 9.71 Å². The second-order valence-corrected chi connectivity index (χ2v) is 6.89. The molecule has 0 saturated carbocycles. The number of rotatable bonds is 5. The first kappa shape index (κ1) is 16.5. The highest BCUT2D eigenvalue weighted by Crippen LogP contribution is 2.28. The molecule has 0 aliphatic carbocycles. The number of sulfonamides is 1. The maximum atomic E-state index is 12.7. The van der Waals surface area contributed by atoms with Crippen molar-refractivity contribution >= 4 is 10.0 Å². The fourth-order valence-electron chi connectivity index (χ4n) is 2.15. The van der Waals surface area contributed by atoms with E-state index in [9.17, 15) is 8.42 Å². The van der Waals surface area contributed by atoms with Crippen LogP contribution in [0.25, 0.3) is 0 Å². The number of aryl methyl sites for hydroxylation is 2. The summed E-state index contributed by atoms with van der Waals surface area (Å²) >= 11 is 0. The zero-order chi connectivity index (χ0) is 16.3. The number of nitrogens with one attached hydrogen (secondary N) is 1. The van der Waals surface area contributed by atoms with E-state index >= 15 is 0 Å². The van der Waals surface area contributed by atoms with Gasteiger partial charge in [0.25, 0.3) is 0 Å². The topological polar surface area (TPSA) is 68.3 Å². The molecule has 2 aromatic rings. The number of benzene rings is 1. The Bertz CT molecular complexity index is 758. The van der Waals surface area contributed by atoms with Crippen LogP contribution in [0.5, 0.6) is 5.75 Å². The average Bonchev–Trinajstić information content (AvgIpc) is 2.49. The Labute approximate surface area is 131 Å². The first-order valence-electron chi connectivity index (χ1n) is 6.92. The van der Waals surface area contributed by atoms with Crippen LogP contribution in [-0.4, -0.2) is 20.5 Å². The van der Waals surface area contributed by atoms with Crippen LogP contribution in [0.3, 0.4) is 0 Å². The SMILES string of the molecule is COc1cc(C)c(C)cc1S(=O)(=O)NC(C)c1ccncc1. The molecule has 1 aromatic heterocycles. The lowest BCUT2D eigenvalue weighted by atomic mass is 10.1. The van der Waals surface area contributed by atoms with E-state index in [0.29, 0.717) is 5.75 Å². The van der Waals surface area contributed by atoms with E-state index in [1.165, 1.54) is 7.11 Å². The summed E-state index contributed by atoms with van der Waals surface area (Å²) in [4.78, 5) is 4.09. The average molecular weight is 320 g/mol. The molecular formula is C16H20N2O3S. The molecule has 0 saturated heterocycles. The molecule has 2 rings (SSSR count). The minimum absolute atomic E-state index is 0.152. The van der Waals surface area contributed by atoms with Crippen LogP contribution in [0.2, 0.25) is 0 Å². The fraction of sp³-hybridized carbons (Fsp3) is 0.312.